The molecule has 100 valence electrons. The molecule has 0 unspecified atom stereocenters. The Morgan fingerprint density at radius 1 is 1.42 bits per heavy atom. The normalized spacial score (nSPS) is 10.5. The number of nitrogens with one attached hydrogen (secondary N) is 1. The van der Waals surface area contributed by atoms with Gasteiger partial charge in [0.05, 0.1) is 17.5 Å². The summed E-state index contributed by atoms with van der Waals surface area (Å²) in [5.74, 6) is -1.79. The molecule has 3 N–H and O–H groups in total. The molecule has 0 fully saturated rings. The fourth-order valence-electron chi connectivity index (χ4n) is 1.72. The van der Waals surface area contributed by atoms with Crippen molar-refractivity contribution >= 4 is 17.3 Å². The summed E-state index contributed by atoms with van der Waals surface area (Å²) in [5, 5.41) is 2.32. The molecule has 0 saturated heterocycles. The summed E-state index contributed by atoms with van der Waals surface area (Å²) in [7, 11) is 0. The molecule has 0 atom stereocenters. The van der Waals surface area contributed by atoms with E-state index in [2.05, 4.69) is 5.32 Å². The highest BCUT2D eigenvalue weighted by atomic mass is 19.1. The van der Waals surface area contributed by atoms with E-state index in [1.54, 1.807) is 0 Å². The van der Waals surface area contributed by atoms with Crippen LogP contribution in [0, 0.1) is 11.6 Å². The summed E-state index contributed by atoms with van der Waals surface area (Å²) in [6.45, 7) is 1.82. The summed E-state index contributed by atoms with van der Waals surface area (Å²) < 4.78 is 31.5. The second kappa shape index (κ2) is 5.09. The maximum Gasteiger partial charge on any atom is 0.259 e. The second-order valence-corrected chi connectivity index (χ2v) is 3.92. The first kappa shape index (κ1) is 13.1. The lowest BCUT2D eigenvalue weighted by Gasteiger charge is -2.09. The third kappa shape index (κ3) is 2.57. The van der Waals surface area contributed by atoms with E-state index < -0.39 is 17.5 Å². The molecule has 0 bridgehead atoms. The number of carbonyl (C=O) groups excluding carboxylic acids is 1. The van der Waals surface area contributed by atoms with Crippen molar-refractivity contribution in [3.63, 3.8) is 0 Å². The van der Waals surface area contributed by atoms with Crippen LogP contribution in [-0.4, -0.2) is 5.91 Å². The average molecular weight is 266 g/mol. The van der Waals surface area contributed by atoms with Crippen LogP contribution in [0.1, 0.15) is 23.0 Å². The Kier molecular flexibility index (Phi) is 3.50. The van der Waals surface area contributed by atoms with Crippen LogP contribution in [0.3, 0.4) is 0 Å². The highest BCUT2D eigenvalue weighted by Gasteiger charge is 2.17. The predicted molar refractivity (Wildman–Crippen MR) is 66.8 cm³/mol. The molecule has 4 nitrogen and oxygen atoms in total. The minimum Gasteiger partial charge on any atom is -0.469 e. The Morgan fingerprint density at radius 3 is 2.79 bits per heavy atom. The van der Waals surface area contributed by atoms with Gasteiger partial charge in [0.2, 0.25) is 0 Å². The first-order valence-corrected chi connectivity index (χ1v) is 5.65. The van der Waals surface area contributed by atoms with Crippen molar-refractivity contribution in [3.8, 4) is 0 Å². The molecule has 0 aliphatic rings. The highest BCUT2D eigenvalue weighted by molar-refractivity contribution is 6.06. The molecule has 1 aromatic carbocycles. The fraction of sp³-hybridized carbons (Fsp3) is 0.154. The second-order valence-electron chi connectivity index (χ2n) is 3.92. The molecule has 0 radical (unpaired) electrons. The molecule has 1 amide bonds. The summed E-state index contributed by atoms with van der Waals surface area (Å²) >= 11 is 0. The smallest absolute Gasteiger partial charge is 0.259 e. The Hall–Kier alpha value is -2.37. The molecule has 2 aromatic rings. The molecular weight excluding hydrogens is 254 g/mol. The number of aryl methyl sites for hydroxylation is 1. The summed E-state index contributed by atoms with van der Waals surface area (Å²) in [6, 6.07) is 3.07. The van der Waals surface area contributed by atoms with Crippen molar-refractivity contribution in [2.24, 2.45) is 0 Å². The Balaban J connectivity index is 2.29. The molecule has 0 aliphatic heterocycles. The van der Waals surface area contributed by atoms with Crippen molar-refractivity contribution in [1.29, 1.82) is 0 Å². The van der Waals surface area contributed by atoms with Gasteiger partial charge in [-0.25, -0.2) is 8.78 Å². The number of rotatable bonds is 3. The number of carbonyl (C=O) groups is 1. The van der Waals surface area contributed by atoms with Gasteiger partial charge in [0.1, 0.15) is 17.3 Å². The largest absolute Gasteiger partial charge is 0.469 e. The Labute approximate surface area is 108 Å². The topological polar surface area (TPSA) is 68.3 Å². The highest BCUT2D eigenvalue weighted by Crippen LogP contribution is 2.25. The van der Waals surface area contributed by atoms with Crippen molar-refractivity contribution in [3.05, 3.63) is 47.4 Å². The van der Waals surface area contributed by atoms with Gasteiger partial charge >= 0.3 is 0 Å². The molecule has 0 spiro atoms. The molecule has 0 saturated carbocycles. The van der Waals surface area contributed by atoms with E-state index in [-0.39, 0.29) is 11.4 Å². The molecule has 1 aromatic heterocycles. The van der Waals surface area contributed by atoms with Gasteiger partial charge < -0.3 is 15.5 Å². The Morgan fingerprint density at radius 2 is 2.16 bits per heavy atom. The quantitative estimate of drug-likeness (QED) is 0.839. The van der Waals surface area contributed by atoms with Gasteiger partial charge in [-0.05, 0) is 12.1 Å². The standard InChI is InChI=1S/C13H12F2N2O2/c1-2-11-8(3-4-19-11)13(18)17-12-9(15)5-7(14)6-10(12)16/h3-6H,2,16H2,1H3,(H,17,18). The summed E-state index contributed by atoms with van der Waals surface area (Å²) in [5.41, 5.74) is 5.36. The maximum absolute atomic E-state index is 13.5. The van der Waals surface area contributed by atoms with Gasteiger partial charge in [0, 0.05) is 12.5 Å². The van der Waals surface area contributed by atoms with E-state index in [4.69, 9.17) is 10.2 Å². The third-order valence-corrected chi connectivity index (χ3v) is 2.64. The lowest BCUT2D eigenvalue weighted by Crippen LogP contribution is -2.15. The van der Waals surface area contributed by atoms with E-state index in [9.17, 15) is 13.6 Å². The first-order chi connectivity index (χ1) is 9.02. The number of benzene rings is 1. The number of amides is 1. The number of nitrogens with two attached hydrogens (primary N) is 1. The first-order valence-electron chi connectivity index (χ1n) is 5.65. The van der Waals surface area contributed by atoms with E-state index in [1.807, 2.05) is 6.92 Å². The minimum atomic E-state index is -0.924. The van der Waals surface area contributed by atoms with Crippen LogP contribution in [-0.2, 0) is 6.42 Å². The minimum absolute atomic E-state index is 0.174. The van der Waals surface area contributed by atoms with Gasteiger partial charge in [0.25, 0.3) is 5.91 Å². The van der Waals surface area contributed by atoms with Crippen molar-refractivity contribution in [2.75, 3.05) is 11.1 Å². The van der Waals surface area contributed by atoms with Crippen LogP contribution in [0.2, 0.25) is 0 Å². The van der Waals surface area contributed by atoms with Crippen LogP contribution in [0.5, 0.6) is 0 Å². The maximum atomic E-state index is 13.5. The molecule has 19 heavy (non-hydrogen) atoms. The number of anilines is 2. The van der Waals surface area contributed by atoms with Crippen molar-refractivity contribution in [2.45, 2.75) is 13.3 Å². The van der Waals surface area contributed by atoms with Gasteiger partial charge in [-0.15, -0.1) is 0 Å². The van der Waals surface area contributed by atoms with Crippen molar-refractivity contribution in [1.82, 2.24) is 0 Å². The molecule has 2 rings (SSSR count). The van der Waals surface area contributed by atoms with Gasteiger partial charge in [-0.3, -0.25) is 4.79 Å². The number of furan rings is 1. The Bertz CT molecular complexity index is 600. The summed E-state index contributed by atoms with van der Waals surface area (Å²) in [4.78, 5) is 12.0. The van der Waals surface area contributed by atoms with Gasteiger partial charge in [0.15, 0.2) is 5.82 Å². The molecule has 0 aliphatic carbocycles. The molecule has 6 heteroatoms. The zero-order valence-corrected chi connectivity index (χ0v) is 10.2. The van der Waals surface area contributed by atoms with Crippen LogP contribution in [0.25, 0.3) is 0 Å². The van der Waals surface area contributed by atoms with Gasteiger partial charge in [-0.2, -0.15) is 0 Å². The van der Waals surface area contributed by atoms with Crippen LogP contribution < -0.4 is 11.1 Å². The number of hydrogen-bond donors (Lipinski definition) is 2. The van der Waals surface area contributed by atoms with Gasteiger partial charge in [-0.1, -0.05) is 6.92 Å². The summed E-state index contributed by atoms with van der Waals surface area (Å²) in [6.07, 6.45) is 1.90. The van der Waals surface area contributed by atoms with E-state index in [0.29, 0.717) is 23.8 Å². The van der Waals surface area contributed by atoms with E-state index in [0.717, 1.165) is 6.07 Å². The van der Waals surface area contributed by atoms with E-state index in [1.165, 1.54) is 12.3 Å². The van der Waals surface area contributed by atoms with Crippen LogP contribution in [0.15, 0.2) is 28.9 Å². The zero-order valence-electron chi connectivity index (χ0n) is 10.2. The molecule has 1 heterocycles. The predicted octanol–water partition coefficient (Wildman–Crippen LogP) is 2.95. The third-order valence-electron chi connectivity index (χ3n) is 2.64. The lowest BCUT2D eigenvalue weighted by molar-refractivity contribution is 0.102. The van der Waals surface area contributed by atoms with E-state index >= 15 is 0 Å². The average Bonchev–Trinajstić information content (AvgIpc) is 2.81. The SMILES string of the molecule is CCc1occc1C(=O)Nc1c(N)cc(F)cc1F. The van der Waals surface area contributed by atoms with Crippen LogP contribution in [0.4, 0.5) is 20.2 Å². The zero-order chi connectivity index (χ0) is 14.0. The fourth-order valence-corrected chi connectivity index (χ4v) is 1.72. The number of nitrogen functional groups attached to an aromatic ring is 1. The molecular formula is C13H12F2N2O2. The van der Waals surface area contributed by atoms with Crippen LogP contribution >= 0.6 is 0 Å². The van der Waals surface area contributed by atoms with Crippen molar-refractivity contribution < 1.29 is 18.0 Å². The monoisotopic (exact) mass is 266 g/mol. The lowest BCUT2D eigenvalue weighted by atomic mass is 10.2. The number of halogens is 2. The number of hydrogen-bond acceptors (Lipinski definition) is 3.